The lowest BCUT2D eigenvalue weighted by molar-refractivity contribution is 0.0861. The van der Waals surface area contributed by atoms with Gasteiger partial charge < -0.3 is 9.47 Å². The van der Waals surface area contributed by atoms with Gasteiger partial charge in [0.25, 0.3) is 0 Å². The van der Waals surface area contributed by atoms with Crippen molar-refractivity contribution in [3.05, 3.63) is 94.0 Å². The number of ether oxygens (including phenoxy) is 2. The molecule has 0 saturated heterocycles. The summed E-state index contributed by atoms with van der Waals surface area (Å²) >= 11 is 0. The van der Waals surface area contributed by atoms with Crippen molar-refractivity contribution in [2.45, 2.75) is 26.9 Å². The van der Waals surface area contributed by atoms with E-state index in [0.29, 0.717) is 36.9 Å². The zero-order valence-electron chi connectivity index (χ0n) is 17.0. The first-order valence-electron chi connectivity index (χ1n) is 10.0. The van der Waals surface area contributed by atoms with Crippen LogP contribution in [0.1, 0.15) is 38.3 Å². The number of Topliss-reactive ketones (excluding diaryl/α,β-unsaturated/α-hetero) is 1. The third-order valence-corrected chi connectivity index (χ3v) is 5.44. The quantitative estimate of drug-likeness (QED) is 0.600. The van der Waals surface area contributed by atoms with Crippen molar-refractivity contribution in [1.82, 2.24) is 9.88 Å². The van der Waals surface area contributed by atoms with Crippen LogP contribution in [0.5, 0.6) is 11.5 Å². The molecule has 0 unspecified atom stereocenters. The second kappa shape index (κ2) is 7.43. The number of fused-ring (bicyclic) bond motifs is 3. The summed E-state index contributed by atoms with van der Waals surface area (Å²) in [7, 11) is 0. The number of carbonyl (C=O) groups is 1. The van der Waals surface area contributed by atoms with E-state index < -0.39 is 0 Å². The molecule has 2 aliphatic heterocycles. The van der Waals surface area contributed by atoms with Gasteiger partial charge in [-0.1, -0.05) is 35.9 Å². The summed E-state index contributed by atoms with van der Waals surface area (Å²) in [5, 5.41) is 0. The predicted molar refractivity (Wildman–Crippen MR) is 114 cm³/mol. The Bertz CT molecular complexity index is 1170. The molecule has 5 heteroatoms. The number of hydrogen-bond donors (Lipinski definition) is 0. The Balaban J connectivity index is 1.48. The summed E-state index contributed by atoms with van der Waals surface area (Å²) in [5.41, 5.74) is 5.49. The number of ketones is 1. The summed E-state index contributed by atoms with van der Waals surface area (Å²) in [6.45, 7) is 5.74. The van der Waals surface area contributed by atoms with E-state index in [2.05, 4.69) is 9.88 Å². The first kappa shape index (κ1) is 18.6. The minimum atomic E-state index is -0.0753. The van der Waals surface area contributed by atoms with E-state index in [-0.39, 0.29) is 5.78 Å². The van der Waals surface area contributed by atoms with Crippen molar-refractivity contribution in [2.24, 2.45) is 0 Å². The van der Waals surface area contributed by atoms with E-state index in [1.165, 1.54) is 0 Å². The summed E-state index contributed by atoms with van der Waals surface area (Å²) in [5.74, 6) is 1.69. The molecule has 0 amide bonds. The zero-order chi connectivity index (χ0) is 20.7. The predicted octanol–water partition coefficient (Wildman–Crippen LogP) is 4.67. The molecule has 5 nitrogen and oxygen atoms in total. The van der Waals surface area contributed by atoms with Crippen LogP contribution >= 0.6 is 0 Å². The van der Waals surface area contributed by atoms with Crippen molar-refractivity contribution in [1.29, 1.82) is 0 Å². The van der Waals surface area contributed by atoms with Gasteiger partial charge >= 0.3 is 0 Å². The van der Waals surface area contributed by atoms with Gasteiger partial charge in [0.15, 0.2) is 5.76 Å². The number of benzene rings is 2. The molecule has 0 radical (unpaired) electrons. The molecule has 1 aromatic heterocycles. The molecule has 0 aliphatic carbocycles. The van der Waals surface area contributed by atoms with Gasteiger partial charge in [-0.2, -0.15) is 0 Å². The van der Waals surface area contributed by atoms with Crippen molar-refractivity contribution < 1.29 is 14.3 Å². The van der Waals surface area contributed by atoms with E-state index in [4.69, 9.17) is 9.47 Å². The van der Waals surface area contributed by atoms with E-state index in [1.54, 1.807) is 6.20 Å². The van der Waals surface area contributed by atoms with Crippen molar-refractivity contribution >= 4 is 11.9 Å². The van der Waals surface area contributed by atoms with Crippen LogP contribution in [-0.2, 0) is 13.1 Å². The zero-order valence-corrected chi connectivity index (χ0v) is 17.0. The molecule has 0 spiro atoms. The van der Waals surface area contributed by atoms with Crippen LogP contribution in [-0.4, -0.2) is 22.4 Å². The van der Waals surface area contributed by atoms with Crippen LogP contribution in [0.4, 0.5) is 0 Å². The Morgan fingerprint density at radius 2 is 2.03 bits per heavy atom. The minimum Gasteiger partial charge on any atom is -0.478 e. The summed E-state index contributed by atoms with van der Waals surface area (Å²) in [6.07, 6.45) is 3.61. The molecule has 2 aliphatic rings. The fraction of sp³-hybridized carbons (Fsp3) is 0.200. The molecule has 0 bridgehead atoms. The van der Waals surface area contributed by atoms with Crippen LogP contribution < -0.4 is 9.47 Å². The maximum absolute atomic E-state index is 13.1. The molecular weight excluding hydrogens is 376 g/mol. The monoisotopic (exact) mass is 398 g/mol. The van der Waals surface area contributed by atoms with Crippen molar-refractivity contribution in [2.75, 3.05) is 6.73 Å². The number of aromatic nitrogens is 1. The Hall–Kier alpha value is -3.44. The first-order chi connectivity index (χ1) is 14.6. The van der Waals surface area contributed by atoms with Crippen LogP contribution in [0.2, 0.25) is 0 Å². The SMILES string of the molecule is Cc1cccc(/C=C2\Oc3c4c(cc(C)c3C2=O)OCN(Cc2ccccn2)C4)c1. The molecule has 5 rings (SSSR count). The number of carbonyl (C=O) groups excluding carboxylic acids is 1. The molecule has 0 N–H and O–H groups in total. The molecule has 0 atom stereocenters. The standard InChI is InChI=1S/C25H22N2O3/c1-16-6-5-7-18(10-16)12-22-24(28)23-17(2)11-21-20(25(23)30-22)14-27(15-29-21)13-19-8-3-4-9-26-19/h3-12H,13-15H2,1-2H3/b22-12-. The maximum atomic E-state index is 13.1. The summed E-state index contributed by atoms with van der Waals surface area (Å²) in [6, 6.07) is 15.8. The maximum Gasteiger partial charge on any atom is 0.232 e. The average Bonchev–Trinajstić information content (AvgIpc) is 3.06. The largest absolute Gasteiger partial charge is 0.478 e. The number of rotatable bonds is 3. The first-order valence-corrected chi connectivity index (χ1v) is 10.0. The fourth-order valence-corrected chi connectivity index (χ4v) is 4.01. The summed E-state index contributed by atoms with van der Waals surface area (Å²) in [4.78, 5) is 19.7. The molecule has 3 aromatic rings. The number of pyridine rings is 1. The third kappa shape index (κ3) is 3.37. The van der Waals surface area contributed by atoms with E-state index >= 15 is 0 Å². The van der Waals surface area contributed by atoms with Crippen LogP contribution in [0.15, 0.2) is 60.5 Å². The van der Waals surface area contributed by atoms with Gasteiger partial charge in [0.1, 0.15) is 18.2 Å². The van der Waals surface area contributed by atoms with Crippen molar-refractivity contribution in [3.8, 4) is 11.5 Å². The lowest BCUT2D eigenvalue weighted by atomic mass is 9.98. The molecule has 0 saturated carbocycles. The van der Waals surface area contributed by atoms with Gasteiger partial charge in [-0.25, -0.2) is 0 Å². The second-order valence-electron chi connectivity index (χ2n) is 7.81. The highest BCUT2D eigenvalue weighted by atomic mass is 16.5. The Kier molecular flexibility index (Phi) is 4.60. The minimum absolute atomic E-state index is 0.0753. The van der Waals surface area contributed by atoms with Crippen LogP contribution in [0.3, 0.4) is 0 Å². The lowest BCUT2D eigenvalue weighted by Crippen LogP contribution is -2.32. The lowest BCUT2D eigenvalue weighted by Gasteiger charge is -2.29. The normalized spacial score (nSPS) is 16.7. The summed E-state index contributed by atoms with van der Waals surface area (Å²) < 4.78 is 12.1. The van der Waals surface area contributed by atoms with Crippen LogP contribution in [0, 0.1) is 13.8 Å². The Labute approximate surface area is 175 Å². The second-order valence-corrected chi connectivity index (χ2v) is 7.81. The van der Waals surface area contributed by atoms with Crippen molar-refractivity contribution in [3.63, 3.8) is 0 Å². The highest BCUT2D eigenvalue weighted by Gasteiger charge is 2.35. The Morgan fingerprint density at radius 1 is 1.13 bits per heavy atom. The molecule has 2 aromatic carbocycles. The van der Waals surface area contributed by atoms with Gasteiger partial charge in [0, 0.05) is 19.3 Å². The van der Waals surface area contributed by atoms with Gasteiger partial charge in [0.05, 0.1) is 16.8 Å². The topological polar surface area (TPSA) is 51.7 Å². The number of aryl methyl sites for hydroxylation is 2. The van der Waals surface area contributed by atoms with E-state index in [1.807, 2.05) is 68.5 Å². The third-order valence-electron chi connectivity index (χ3n) is 5.44. The van der Waals surface area contributed by atoms with E-state index in [9.17, 15) is 4.79 Å². The van der Waals surface area contributed by atoms with Gasteiger partial charge in [-0.3, -0.25) is 14.7 Å². The highest BCUT2D eigenvalue weighted by molar-refractivity contribution is 6.15. The smallest absolute Gasteiger partial charge is 0.232 e. The number of nitrogens with zero attached hydrogens (tertiary/aromatic N) is 2. The number of allylic oxidation sites excluding steroid dienone is 1. The van der Waals surface area contributed by atoms with Gasteiger partial charge in [-0.15, -0.1) is 0 Å². The van der Waals surface area contributed by atoms with Crippen LogP contribution in [0.25, 0.3) is 6.08 Å². The van der Waals surface area contributed by atoms with E-state index in [0.717, 1.165) is 33.7 Å². The molecule has 0 fully saturated rings. The molecule has 150 valence electrons. The fourth-order valence-electron chi connectivity index (χ4n) is 4.01. The molecule has 30 heavy (non-hydrogen) atoms. The molecular formula is C25H22N2O3. The molecule has 3 heterocycles. The van der Waals surface area contributed by atoms with Gasteiger partial charge in [0.2, 0.25) is 5.78 Å². The highest BCUT2D eigenvalue weighted by Crippen LogP contribution is 2.44. The average molecular weight is 398 g/mol. The van der Waals surface area contributed by atoms with Gasteiger partial charge in [-0.05, 0) is 49.2 Å². The number of hydrogen-bond acceptors (Lipinski definition) is 5. The Morgan fingerprint density at radius 3 is 2.83 bits per heavy atom.